The molecule has 0 amide bonds. The molecule has 0 radical (unpaired) electrons. The number of nitrogens with zero attached hydrogens (tertiary/aromatic N) is 1. The lowest BCUT2D eigenvalue weighted by Gasteiger charge is -2.21. The molecular weight excluding hydrogens is 188 g/mol. The van der Waals surface area contributed by atoms with Crippen LogP contribution in [-0.4, -0.2) is 17.0 Å². The van der Waals surface area contributed by atoms with Crippen LogP contribution in [-0.2, 0) is 0 Å². The number of fused-ring (bicyclic) bond motifs is 1. The molecule has 1 heterocycles. The quantitative estimate of drug-likeness (QED) is 0.668. The SMILES string of the molecule is CC1=Nc2c(Cl)cccc2NC1O. The Balaban J connectivity index is 2.57. The number of aliphatic hydroxyl groups excluding tert-OH is 1. The lowest BCUT2D eigenvalue weighted by molar-refractivity contribution is 0.268. The fourth-order valence-electron chi connectivity index (χ4n) is 1.23. The Morgan fingerprint density at radius 2 is 2.31 bits per heavy atom. The van der Waals surface area contributed by atoms with Crippen molar-refractivity contribution in [3.05, 3.63) is 23.2 Å². The maximum atomic E-state index is 9.43. The molecule has 4 heteroatoms. The molecule has 2 N–H and O–H groups in total. The van der Waals surface area contributed by atoms with E-state index >= 15 is 0 Å². The number of aliphatic hydroxyl groups is 1. The Morgan fingerprint density at radius 1 is 1.54 bits per heavy atom. The summed E-state index contributed by atoms with van der Waals surface area (Å²) in [7, 11) is 0. The van der Waals surface area contributed by atoms with Crippen LogP contribution in [0.15, 0.2) is 23.2 Å². The van der Waals surface area contributed by atoms with Crippen molar-refractivity contribution < 1.29 is 5.11 Å². The molecule has 0 saturated heterocycles. The Morgan fingerprint density at radius 3 is 3.08 bits per heavy atom. The van der Waals surface area contributed by atoms with E-state index in [1.54, 1.807) is 13.0 Å². The number of anilines is 1. The number of nitrogens with one attached hydrogen (secondary N) is 1. The topological polar surface area (TPSA) is 44.6 Å². The fourth-order valence-corrected chi connectivity index (χ4v) is 1.45. The number of para-hydroxylation sites is 1. The molecule has 1 aromatic rings. The normalized spacial score (nSPS) is 20.2. The first-order valence-electron chi connectivity index (χ1n) is 3.97. The van der Waals surface area contributed by atoms with Crippen molar-refractivity contribution in [2.45, 2.75) is 13.2 Å². The van der Waals surface area contributed by atoms with Gasteiger partial charge in [-0.25, -0.2) is 4.99 Å². The van der Waals surface area contributed by atoms with Crippen LogP contribution in [0.25, 0.3) is 0 Å². The van der Waals surface area contributed by atoms with Gasteiger partial charge < -0.3 is 10.4 Å². The van der Waals surface area contributed by atoms with Crippen LogP contribution in [0.4, 0.5) is 11.4 Å². The summed E-state index contributed by atoms with van der Waals surface area (Å²) in [5, 5.41) is 12.9. The van der Waals surface area contributed by atoms with E-state index in [2.05, 4.69) is 10.3 Å². The van der Waals surface area contributed by atoms with Crippen LogP contribution in [0.3, 0.4) is 0 Å². The molecule has 0 aromatic heterocycles. The highest BCUT2D eigenvalue weighted by Gasteiger charge is 2.17. The van der Waals surface area contributed by atoms with Crippen LogP contribution in [0.2, 0.25) is 5.02 Å². The van der Waals surface area contributed by atoms with Crippen molar-refractivity contribution in [2.24, 2.45) is 4.99 Å². The van der Waals surface area contributed by atoms with E-state index in [4.69, 9.17) is 11.6 Å². The third-order valence-corrected chi connectivity index (χ3v) is 2.27. The highest BCUT2D eigenvalue weighted by molar-refractivity contribution is 6.34. The van der Waals surface area contributed by atoms with Gasteiger partial charge >= 0.3 is 0 Å². The summed E-state index contributed by atoms with van der Waals surface area (Å²) < 4.78 is 0. The zero-order valence-electron chi connectivity index (χ0n) is 7.08. The van der Waals surface area contributed by atoms with E-state index in [0.29, 0.717) is 16.4 Å². The number of halogens is 1. The van der Waals surface area contributed by atoms with E-state index in [9.17, 15) is 5.11 Å². The first kappa shape index (κ1) is 8.53. The van der Waals surface area contributed by atoms with Crippen molar-refractivity contribution in [2.75, 3.05) is 5.32 Å². The van der Waals surface area contributed by atoms with Crippen molar-refractivity contribution in [3.8, 4) is 0 Å². The smallest absolute Gasteiger partial charge is 0.163 e. The summed E-state index contributed by atoms with van der Waals surface area (Å²) in [6.07, 6.45) is -0.703. The molecule has 1 atom stereocenters. The van der Waals surface area contributed by atoms with Crippen LogP contribution < -0.4 is 5.32 Å². The Labute approximate surface area is 81.1 Å². The van der Waals surface area contributed by atoms with Gasteiger partial charge in [-0.3, -0.25) is 0 Å². The Kier molecular flexibility index (Phi) is 1.98. The summed E-state index contributed by atoms with van der Waals surface area (Å²) in [4.78, 5) is 4.20. The highest BCUT2D eigenvalue weighted by Crippen LogP contribution is 2.35. The summed E-state index contributed by atoms with van der Waals surface area (Å²) in [6.45, 7) is 1.75. The number of rotatable bonds is 0. The Hall–Kier alpha value is -1.06. The van der Waals surface area contributed by atoms with Crippen LogP contribution >= 0.6 is 11.6 Å². The lowest BCUT2D eigenvalue weighted by atomic mass is 10.2. The fraction of sp³-hybridized carbons (Fsp3) is 0.222. The van der Waals surface area contributed by atoms with Gasteiger partial charge in [0.2, 0.25) is 0 Å². The summed E-state index contributed by atoms with van der Waals surface area (Å²) in [5.41, 5.74) is 2.10. The second-order valence-electron chi connectivity index (χ2n) is 2.94. The molecule has 1 aliphatic heterocycles. The second-order valence-corrected chi connectivity index (χ2v) is 3.34. The van der Waals surface area contributed by atoms with Crippen molar-refractivity contribution >= 4 is 28.7 Å². The van der Waals surface area contributed by atoms with Gasteiger partial charge in [-0.2, -0.15) is 0 Å². The zero-order chi connectivity index (χ0) is 9.42. The Bertz CT molecular complexity index is 376. The standard InChI is InChI=1S/C9H9ClN2O/c1-5-9(13)12-7-4-2-3-6(10)8(7)11-5/h2-4,9,12-13H,1H3. The maximum absolute atomic E-state index is 9.43. The molecule has 3 nitrogen and oxygen atoms in total. The van der Waals surface area contributed by atoms with E-state index in [-0.39, 0.29) is 0 Å². The minimum absolute atomic E-state index is 0.594. The predicted molar refractivity (Wildman–Crippen MR) is 53.9 cm³/mol. The lowest BCUT2D eigenvalue weighted by Crippen LogP contribution is -2.29. The maximum Gasteiger partial charge on any atom is 0.163 e. The van der Waals surface area contributed by atoms with E-state index in [1.165, 1.54) is 0 Å². The third kappa shape index (κ3) is 1.41. The van der Waals surface area contributed by atoms with Crippen LogP contribution in [0.5, 0.6) is 0 Å². The monoisotopic (exact) mass is 196 g/mol. The van der Waals surface area contributed by atoms with Gasteiger partial charge in [-0.1, -0.05) is 17.7 Å². The van der Waals surface area contributed by atoms with E-state index in [1.807, 2.05) is 12.1 Å². The number of aliphatic imine (C=N–C) groups is 1. The van der Waals surface area contributed by atoms with Gasteiger partial charge in [0.15, 0.2) is 6.23 Å². The van der Waals surface area contributed by atoms with Crippen molar-refractivity contribution in [3.63, 3.8) is 0 Å². The first-order chi connectivity index (χ1) is 6.18. The predicted octanol–water partition coefficient (Wildman–Crippen LogP) is 2.18. The van der Waals surface area contributed by atoms with Gasteiger partial charge in [-0.05, 0) is 19.1 Å². The minimum Gasteiger partial charge on any atom is -0.368 e. The third-order valence-electron chi connectivity index (χ3n) is 1.96. The van der Waals surface area contributed by atoms with Gasteiger partial charge in [0, 0.05) is 0 Å². The highest BCUT2D eigenvalue weighted by atomic mass is 35.5. The summed E-state index contributed by atoms with van der Waals surface area (Å²) >= 11 is 5.93. The minimum atomic E-state index is -0.703. The van der Waals surface area contributed by atoms with Gasteiger partial charge in [0.25, 0.3) is 0 Å². The van der Waals surface area contributed by atoms with Gasteiger partial charge in [0.1, 0.15) is 5.69 Å². The van der Waals surface area contributed by atoms with E-state index in [0.717, 1.165) is 5.69 Å². The number of hydrogen-bond donors (Lipinski definition) is 2. The molecule has 0 aliphatic carbocycles. The molecule has 0 saturated carbocycles. The molecular formula is C9H9ClN2O. The van der Waals surface area contributed by atoms with Crippen LogP contribution in [0.1, 0.15) is 6.92 Å². The average molecular weight is 197 g/mol. The van der Waals surface area contributed by atoms with Crippen molar-refractivity contribution in [1.29, 1.82) is 0 Å². The molecule has 2 rings (SSSR count). The molecule has 0 fully saturated rings. The summed E-state index contributed by atoms with van der Waals surface area (Å²) in [5.74, 6) is 0. The number of hydrogen-bond acceptors (Lipinski definition) is 3. The molecule has 1 aliphatic rings. The average Bonchev–Trinajstić information content (AvgIpc) is 2.09. The molecule has 13 heavy (non-hydrogen) atoms. The summed E-state index contributed by atoms with van der Waals surface area (Å²) in [6, 6.07) is 5.42. The molecule has 68 valence electrons. The molecule has 0 bridgehead atoms. The van der Waals surface area contributed by atoms with Crippen molar-refractivity contribution in [1.82, 2.24) is 0 Å². The molecule has 0 spiro atoms. The van der Waals surface area contributed by atoms with Crippen LogP contribution in [0, 0.1) is 0 Å². The van der Waals surface area contributed by atoms with Gasteiger partial charge in [0.05, 0.1) is 16.4 Å². The molecule has 1 aromatic carbocycles. The largest absolute Gasteiger partial charge is 0.368 e. The second kappa shape index (κ2) is 3.01. The first-order valence-corrected chi connectivity index (χ1v) is 4.34. The zero-order valence-corrected chi connectivity index (χ0v) is 7.84. The van der Waals surface area contributed by atoms with E-state index < -0.39 is 6.23 Å². The van der Waals surface area contributed by atoms with Gasteiger partial charge in [-0.15, -0.1) is 0 Å². The molecule has 1 unspecified atom stereocenters. The number of benzene rings is 1.